The third kappa shape index (κ3) is 2.44. The monoisotopic (exact) mass is 185 g/mol. The molecule has 0 saturated carbocycles. The number of β-amino-alcohol motifs (C(OH)–C–C–N with tert-alkyl or cyclic N) is 1. The van der Waals surface area contributed by atoms with Gasteiger partial charge in [-0.05, 0) is 39.2 Å². The molecule has 1 fully saturated rings. The molecule has 1 aliphatic rings. The normalized spacial score (nSPS) is 30.5. The van der Waals surface area contributed by atoms with Crippen molar-refractivity contribution in [3.63, 3.8) is 0 Å². The van der Waals surface area contributed by atoms with Crippen LogP contribution >= 0.6 is 0 Å². The SMILES string of the molecule is CC1(C)CCN(C(C)(C)C)CC1O. The molecule has 1 N–H and O–H groups in total. The molecule has 13 heavy (non-hydrogen) atoms. The van der Waals surface area contributed by atoms with Crippen LogP contribution < -0.4 is 0 Å². The Balaban J connectivity index is 2.61. The molecule has 1 aliphatic heterocycles. The fourth-order valence-corrected chi connectivity index (χ4v) is 1.75. The van der Waals surface area contributed by atoms with E-state index in [9.17, 15) is 5.11 Å². The third-order valence-corrected chi connectivity index (χ3v) is 3.27. The second-order valence-corrected chi connectivity index (χ2v) is 5.87. The fourth-order valence-electron chi connectivity index (χ4n) is 1.75. The Kier molecular flexibility index (Phi) is 2.75. The maximum absolute atomic E-state index is 9.93. The molecule has 0 amide bonds. The second kappa shape index (κ2) is 3.25. The van der Waals surface area contributed by atoms with E-state index in [0.29, 0.717) is 0 Å². The topological polar surface area (TPSA) is 23.5 Å². The van der Waals surface area contributed by atoms with Gasteiger partial charge in [-0.3, -0.25) is 4.90 Å². The van der Waals surface area contributed by atoms with Gasteiger partial charge in [-0.1, -0.05) is 13.8 Å². The lowest BCUT2D eigenvalue weighted by molar-refractivity contribution is -0.0529. The Morgan fingerprint density at radius 3 is 2.23 bits per heavy atom. The predicted molar refractivity (Wildman–Crippen MR) is 55.7 cm³/mol. The molecule has 78 valence electrons. The Morgan fingerprint density at radius 2 is 1.85 bits per heavy atom. The molecule has 0 radical (unpaired) electrons. The van der Waals surface area contributed by atoms with Gasteiger partial charge in [-0.2, -0.15) is 0 Å². The standard InChI is InChI=1S/C11H23NO/c1-10(2,3)12-7-6-11(4,5)9(13)8-12/h9,13H,6-8H2,1-5H3. The van der Waals surface area contributed by atoms with Crippen molar-refractivity contribution in [3.05, 3.63) is 0 Å². The maximum atomic E-state index is 9.93. The van der Waals surface area contributed by atoms with Crippen molar-refractivity contribution in [2.75, 3.05) is 13.1 Å². The number of aliphatic hydroxyl groups is 1. The first-order valence-corrected chi connectivity index (χ1v) is 5.16. The van der Waals surface area contributed by atoms with Crippen LogP contribution in [0.5, 0.6) is 0 Å². The Hall–Kier alpha value is -0.0800. The number of likely N-dealkylation sites (tertiary alicyclic amines) is 1. The molecule has 0 aromatic carbocycles. The molecule has 2 nitrogen and oxygen atoms in total. The van der Waals surface area contributed by atoms with Gasteiger partial charge in [0, 0.05) is 12.1 Å². The molecule has 0 aromatic heterocycles. The van der Waals surface area contributed by atoms with Gasteiger partial charge in [0.05, 0.1) is 6.10 Å². The lowest BCUT2D eigenvalue weighted by Gasteiger charge is -2.46. The fraction of sp³-hybridized carbons (Fsp3) is 1.00. The van der Waals surface area contributed by atoms with Crippen LogP contribution in [0.2, 0.25) is 0 Å². The van der Waals surface area contributed by atoms with Crippen molar-refractivity contribution < 1.29 is 5.11 Å². The minimum atomic E-state index is -0.180. The van der Waals surface area contributed by atoms with Crippen molar-refractivity contribution in [2.45, 2.75) is 52.7 Å². The molecular formula is C11H23NO. The maximum Gasteiger partial charge on any atom is 0.0718 e. The predicted octanol–water partition coefficient (Wildman–Crippen LogP) is 1.88. The molecule has 1 atom stereocenters. The van der Waals surface area contributed by atoms with E-state index in [0.717, 1.165) is 19.5 Å². The zero-order chi connectivity index (χ0) is 10.3. The summed E-state index contributed by atoms with van der Waals surface area (Å²) in [6.45, 7) is 12.8. The summed E-state index contributed by atoms with van der Waals surface area (Å²) in [7, 11) is 0. The van der Waals surface area contributed by atoms with E-state index in [1.165, 1.54) is 0 Å². The minimum absolute atomic E-state index is 0.0990. The molecule has 1 rings (SSSR count). The van der Waals surface area contributed by atoms with Gasteiger partial charge in [0.15, 0.2) is 0 Å². The van der Waals surface area contributed by atoms with Crippen molar-refractivity contribution in [2.24, 2.45) is 5.41 Å². The number of hydrogen-bond acceptors (Lipinski definition) is 2. The molecule has 2 heteroatoms. The summed E-state index contributed by atoms with van der Waals surface area (Å²) >= 11 is 0. The van der Waals surface area contributed by atoms with Gasteiger partial charge in [0.25, 0.3) is 0 Å². The van der Waals surface area contributed by atoms with Crippen LogP contribution in [0.25, 0.3) is 0 Å². The largest absolute Gasteiger partial charge is 0.391 e. The lowest BCUT2D eigenvalue weighted by Crippen LogP contribution is -2.54. The van der Waals surface area contributed by atoms with E-state index in [-0.39, 0.29) is 17.1 Å². The Morgan fingerprint density at radius 1 is 1.31 bits per heavy atom. The smallest absolute Gasteiger partial charge is 0.0718 e. The van der Waals surface area contributed by atoms with Crippen LogP contribution in [-0.2, 0) is 0 Å². The number of hydrogen-bond donors (Lipinski definition) is 1. The number of rotatable bonds is 0. The van der Waals surface area contributed by atoms with Crippen molar-refractivity contribution >= 4 is 0 Å². The molecule has 0 aromatic rings. The van der Waals surface area contributed by atoms with E-state index in [1.807, 2.05) is 0 Å². The summed E-state index contributed by atoms with van der Waals surface area (Å²) in [6.07, 6.45) is 0.909. The average molecular weight is 185 g/mol. The lowest BCUT2D eigenvalue weighted by atomic mass is 9.79. The van der Waals surface area contributed by atoms with E-state index in [4.69, 9.17) is 0 Å². The van der Waals surface area contributed by atoms with E-state index >= 15 is 0 Å². The number of piperidine rings is 1. The van der Waals surface area contributed by atoms with Gasteiger partial charge < -0.3 is 5.11 Å². The average Bonchev–Trinajstić information content (AvgIpc) is 1.92. The molecule has 1 saturated heterocycles. The van der Waals surface area contributed by atoms with Crippen molar-refractivity contribution in [1.29, 1.82) is 0 Å². The molecule has 1 unspecified atom stereocenters. The third-order valence-electron chi connectivity index (χ3n) is 3.27. The van der Waals surface area contributed by atoms with Gasteiger partial charge in [-0.15, -0.1) is 0 Å². The van der Waals surface area contributed by atoms with Crippen LogP contribution in [-0.4, -0.2) is 34.7 Å². The van der Waals surface area contributed by atoms with Crippen molar-refractivity contribution in [1.82, 2.24) is 4.90 Å². The van der Waals surface area contributed by atoms with Gasteiger partial charge in [0.2, 0.25) is 0 Å². The van der Waals surface area contributed by atoms with Crippen LogP contribution in [0.15, 0.2) is 0 Å². The Labute approximate surface area is 81.9 Å². The zero-order valence-corrected chi connectivity index (χ0v) is 9.59. The molecule has 1 heterocycles. The van der Waals surface area contributed by atoms with Crippen LogP contribution in [0.1, 0.15) is 41.0 Å². The summed E-state index contributed by atoms with van der Waals surface area (Å²) in [5.41, 5.74) is 0.291. The number of aliphatic hydroxyl groups excluding tert-OH is 1. The van der Waals surface area contributed by atoms with Crippen LogP contribution in [0.3, 0.4) is 0 Å². The molecule has 0 spiro atoms. The molecule has 0 aliphatic carbocycles. The summed E-state index contributed by atoms with van der Waals surface area (Å²) < 4.78 is 0. The highest BCUT2D eigenvalue weighted by Gasteiger charge is 2.37. The first-order chi connectivity index (χ1) is 5.73. The zero-order valence-electron chi connectivity index (χ0n) is 9.59. The summed E-state index contributed by atoms with van der Waals surface area (Å²) in [5, 5.41) is 9.93. The summed E-state index contributed by atoms with van der Waals surface area (Å²) in [5.74, 6) is 0. The quantitative estimate of drug-likeness (QED) is 0.623. The highest BCUT2D eigenvalue weighted by molar-refractivity contribution is 4.90. The molecular weight excluding hydrogens is 162 g/mol. The Bertz CT molecular complexity index is 181. The van der Waals surface area contributed by atoms with Gasteiger partial charge in [0.1, 0.15) is 0 Å². The van der Waals surface area contributed by atoms with Gasteiger partial charge in [-0.25, -0.2) is 0 Å². The highest BCUT2D eigenvalue weighted by atomic mass is 16.3. The van der Waals surface area contributed by atoms with Crippen LogP contribution in [0.4, 0.5) is 0 Å². The first kappa shape index (κ1) is 11.0. The second-order valence-electron chi connectivity index (χ2n) is 5.87. The minimum Gasteiger partial charge on any atom is -0.391 e. The molecule has 0 bridgehead atoms. The van der Waals surface area contributed by atoms with E-state index in [2.05, 4.69) is 39.5 Å². The van der Waals surface area contributed by atoms with E-state index < -0.39 is 0 Å². The van der Waals surface area contributed by atoms with Crippen LogP contribution in [0, 0.1) is 5.41 Å². The first-order valence-electron chi connectivity index (χ1n) is 5.16. The summed E-state index contributed by atoms with van der Waals surface area (Å²) in [4.78, 5) is 2.36. The number of nitrogens with zero attached hydrogens (tertiary/aromatic N) is 1. The summed E-state index contributed by atoms with van der Waals surface area (Å²) in [6, 6.07) is 0. The highest BCUT2D eigenvalue weighted by Crippen LogP contribution is 2.32. The van der Waals surface area contributed by atoms with E-state index in [1.54, 1.807) is 0 Å². The van der Waals surface area contributed by atoms with Gasteiger partial charge >= 0.3 is 0 Å². The van der Waals surface area contributed by atoms with Crippen molar-refractivity contribution in [3.8, 4) is 0 Å².